The SMILES string of the molecule is Cc1ccc(N2C(=O)CC(N3CCCCCC3)C2=O)c(C)c1. The van der Waals surface area contributed by atoms with E-state index in [0.29, 0.717) is 6.42 Å². The Morgan fingerprint density at radius 1 is 1.00 bits per heavy atom. The van der Waals surface area contributed by atoms with Gasteiger partial charge >= 0.3 is 0 Å². The molecule has 2 aliphatic rings. The third-order valence-corrected chi connectivity index (χ3v) is 4.80. The minimum Gasteiger partial charge on any atom is -0.292 e. The molecule has 2 amide bonds. The van der Waals surface area contributed by atoms with Gasteiger partial charge in [-0.2, -0.15) is 0 Å². The summed E-state index contributed by atoms with van der Waals surface area (Å²) in [6.07, 6.45) is 5.04. The van der Waals surface area contributed by atoms with E-state index in [4.69, 9.17) is 0 Å². The summed E-state index contributed by atoms with van der Waals surface area (Å²) in [5.74, 6) is -0.106. The van der Waals surface area contributed by atoms with E-state index in [1.807, 2.05) is 32.0 Å². The molecule has 0 saturated carbocycles. The van der Waals surface area contributed by atoms with Crippen LogP contribution < -0.4 is 4.90 Å². The molecule has 22 heavy (non-hydrogen) atoms. The number of imide groups is 1. The molecule has 2 aliphatic heterocycles. The van der Waals surface area contributed by atoms with Gasteiger partial charge in [0.05, 0.1) is 18.2 Å². The first-order chi connectivity index (χ1) is 10.6. The lowest BCUT2D eigenvalue weighted by Gasteiger charge is -2.25. The van der Waals surface area contributed by atoms with E-state index in [-0.39, 0.29) is 17.9 Å². The number of likely N-dealkylation sites (tertiary alicyclic amines) is 1. The van der Waals surface area contributed by atoms with Gasteiger partial charge in [-0.25, -0.2) is 4.90 Å². The van der Waals surface area contributed by atoms with Gasteiger partial charge in [0, 0.05) is 0 Å². The molecule has 4 nitrogen and oxygen atoms in total. The molecule has 0 N–H and O–H groups in total. The van der Waals surface area contributed by atoms with Gasteiger partial charge < -0.3 is 0 Å². The molecule has 0 radical (unpaired) electrons. The molecule has 0 spiro atoms. The summed E-state index contributed by atoms with van der Waals surface area (Å²) >= 11 is 0. The highest BCUT2D eigenvalue weighted by molar-refractivity contribution is 6.22. The monoisotopic (exact) mass is 300 g/mol. The highest BCUT2D eigenvalue weighted by Gasteiger charge is 2.42. The van der Waals surface area contributed by atoms with Gasteiger partial charge in [0.15, 0.2) is 0 Å². The van der Waals surface area contributed by atoms with Gasteiger partial charge in [-0.3, -0.25) is 14.5 Å². The average Bonchev–Trinajstić information content (AvgIpc) is 2.69. The van der Waals surface area contributed by atoms with Gasteiger partial charge in [-0.05, 0) is 51.4 Å². The average molecular weight is 300 g/mol. The van der Waals surface area contributed by atoms with Crippen molar-refractivity contribution in [3.05, 3.63) is 29.3 Å². The zero-order valence-corrected chi connectivity index (χ0v) is 13.5. The number of benzene rings is 1. The van der Waals surface area contributed by atoms with Crippen LogP contribution in [0.15, 0.2) is 18.2 Å². The summed E-state index contributed by atoms with van der Waals surface area (Å²) in [5, 5.41) is 0. The fourth-order valence-electron chi connectivity index (χ4n) is 3.62. The zero-order valence-electron chi connectivity index (χ0n) is 13.5. The summed E-state index contributed by atoms with van der Waals surface area (Å²) in [6.45, 7) is 5.85. The molecule has 4 heteroatoms. The van der Waals surface area contributed by atoms with Gasteiger partial charge in [0.1, 0.15) is 0 Å². The van der Waals surface area contributed by atoms with E-state index in [1.165, 1.54) is 17.7 Å². The van der Waals surface area contributed by atoms with Crippen LogP contribution in [0.2, 0.25) is 0 Å². The Morgan fingerprint density at radius 3 is 2.32 bits per heavy atom. The first-order valence-corrected chi connectivity index (χ1v) is 8.26. The topological polar surface area (TPSA) is 40.6 Å². The van der Waals surface area contributed by atoms with Crippen LogP contribution in [0.25, 0.3) is 0 Å². The fraction of sp³-hybridized carbons (Fsp3) is 0.556. The maximum Gasteiger partial charge on any atom is 0.251 e. The molecule has 2 fully saturated rings. The highest BCUT2D eigenvalue weighted by atomic mass is 16.2. The number of anilines is 1. The molecule has 1 aromatic rings. The number of hydrogen-bond acceptors (Lipinski definition) is 3. The third kappa shape index (κ3) is 2.80. The number of amides is 2. The van der Waals surface area contributed by atoms with Crippen LogP contribution in [0.4, 0.5) is 5.69 Å². The molecule has 1 unspecified atom stereocenters. The second-order valence-electron chi connectivity index (χ2n) is 6.53. The quantitative estimate of drug-likeness (QED) is 0.789. The number of hydrogen-bond donors (Lipinski definition) is 0. The van der Waals surface area contributed by atoms with Crippen molar-refractivity contribution in [1.29, 1.82) is 0 Å². The summed E-state index contributed by atoms with van der Waals surface area (Å²) in [6, 6.07) is 5.62. The Kier molecular flexibility index (Phi) is 4.30. The molecule has 1 atom stereocenters. The molecule has 2 heterocycles. The number of rotatable bonds is 2. The van der Waals surface area contributed by atoms with Crippen LogP contribution in [0.5, 0.6) is 0 Å². The van der Waals surface area contributed by atoms with Crippen molar-refractivity contribution in [1.82, 2.24) is 4.90 Å². The van der Waals surface area contributed by atoms with Crippen molar-refractivity contribution in [2.45, 2.75) is 52.0 Å². The standard InChI is InChI=1S/C18H24N2O2/c1-13-7-8-15(14(2)11-13)20-17(21)12-16(18(20)22)19-9-5-3-4-6-10-19/h7-8,11,16H,3-6,9-10,12H2,1-2H3. The molecule has 3 rings (SSSR count). The minimum atomic E-state index is -0.258. The van der Waals surface area contributed by atoms with Crippen molar-refractivity contribution in [2.75, 3.05) is 18.0 Å². The Balaban J connectivity index is 1.84. The van der Waals surface area contributed by atoms with Gasteiger partial charge in [0.2, 0.25) is 5.91 Å². The summed E-state index contributed by atoms with van der Waals surface area (Å²) in [7, 11) is 0. The summed E-state index contributed by atoms with van der Waals surface area (Å²) < 4.78 is 0. The Hall–Kier alpha value is -1.68. The van der Waals surface area contributed by atoms with Crippen LogP contribution in [0, 0.1) is 13.8 Å². The van der Waals surface area contributed by atoms with E-state index >= 15 is 0 Å². The molecular formula is C18H24N2O2. The van der Waals surface area contributed by atoms with E-state index in [1.54, 1.807) is 0 Å². The lowest BCUT2D eigenvalue weighted by molar-refractivity contribution is -0.122. The van der Waals surface area contributed by atoms with Gasteiger partial charge in [-0.15, -0.1) is 0 Å². The maximum atomic E-state index is 12.8. The van der Waals surface area contributed by atoms with Crippen molar-refractivity contribution >= 4 is 17.5 Å². The largest absolute Gasteiger partial charge is 0.292 e. The number of aryl methyl sites for hydroxylation is 2. The van der Waals surface area contributed by atoms with Crippen molar-refractivity contribution < 1.29 is 9.59 Å². The normalized spacial score (nSPS) is 23.9. The summed E-state index contributed by atoms with van der Waals surface area (Å²) in [4.78, 5) is 28.9. The maximum absolute atomic E-state index is 12.8. The molecule has 118 valence electrons. The molecule has 0 bridgehead atoms. The zero-order chi connectivity index (χ0) is 15.7. The summed E-state index contributed by atoms with van der Waals surface area (Å²) in [5.41, 5.74) is 2.88. The molecular weight excluding hydrogens is 276 g/mol. The fourth-order valence-corrected chi connectivity index (χ4v) is 3.62. The molecule has 0 aromatic heterocycles. The predicted molar refractivity (Wildman–Crippen MR) is 86.9 cm³/mol. The minimum absolute atomic E-state index is 0.0427. The number of carbonyl (C=O) groups excluding carboxylic acids is 2. The van der Waals surface area contributed by atoms with E-state index in [2.05, 4.69) is 4.90 Å². The number of carbonyl (C=O) groups is 2. The van der Waals surface area contributed by atoms with Crippen LogP contribution in [-0.2, 0) is 9.59 Å². The number of nitrogens with zero attached hydrogens (tertiary/aromatic N) is 2. The lowest BCUT2D eigenvalue weighted by Crippen LogP contribution is -2.42. The predicted octanol–water partition coefficient (Wildman–Crippen LogP) is 2.81. The third-order valence-electron chi connectivity index (χ3n) is 4.80. The van der Waals surface area contributed by atoms with Crippen LogP contribution >= 0.6 is 0 Å². The Bertz CT molecular complexity index is 589. The first-order valence-electron chi connectivity index (χ1n) is 8.26. The second-order valence-corrected chi connectivity index (χ2v) is 6.53. The van der Waals surface area contributed by atoms with Crippen molar-refractivity contribution in [3.8, 4) is 0 Å². The second kappa shape index (κ2) is 6.21. The van der Waals surface area contributed by atoms with Crippen LogP contribution in [0.1, 0.15) is 43.2 Å². The molecule has 0 aliphatic carbocycles. The van der Waals surface area contributed by atoms with Gasteiger partial charge in [-0.1, -0.05) is 30.5 Å². The van der Waals surface area contributed by atoms with E-state index in [0.717, 1.165) is 42.7 Å². The highest BCUT2D eigenvalue weighted by Crippen LogP contribution is 2.29. The molecule has 1 aromatic carbocycles. The van der Waals surface area contributed by atoms with E-state index in [9.17, 15) is 9.59 Å². The van der Waals surface area contributed by atoms with Crippen molar-refractivity contribution in [3.63, 3.8) is 0 Å². The van der Waals surface area contributed by atoms with Crippen LogP contribution in [0.3, 0.4) is 0 Å². The van der Waals surface area contributed by atoms with Crippen molar-refractivity contribution in [2.24, 2.45) is 0 Å². The van der Waals surface area contributed by atoms with Gasteiger partial charge in [0.25, 0.3) is 5.91 Å². The smallest absolute Gasteiger partial charge is 0.251 e. The Labute approximate surface area is 132 Å². The Morgan fingerprint density at radius 2 is 1.68 bits per heavy atom. The van der Waals surface area contributed by atoms with E-state index < -0.39 is 0 Å². The first kappa shape index (κ1) is 15.2. The molecule has 2 saturated heterocycles. The van der Waals surface area contributed by atoms with Crippen LogP contribution in [-0.4, -0.2) is 35.8 Å². The lowest BCUT2D eigenvalue weighted by atomic mass is 10.1.